The summed E-state index contributed by atoms with van der Waals surface area (Å²) < 4.78 is 23.9. The molecule has 0 atom stereocenters. The summed E-state index contributed by atoms with van der Waals surface area (Å²) in [6, 6.07) is 6.59. The van der Waals surface area contributed by atoms with E-state index in [0.717, 1.165) is 11.8 Å². The first-order chi connectivity index (χ1) is 7.01. The molecule has 82 valence electrons. The second-order valence-electron chi connectivity index (χ2n) is 2.60. The fraction of sp³-hybridized carbons (Fsp3) is 0.273. The van der Waals surface area contributed by atoms with Crippen LogP contribution in [-0.4, -0.2) is 14.7 Å². The first-order valence-electron chi connectivity index (χ1n) is 4.56. The largest absolute Gasteiger partial charge is 0.284 e. The van der Waals surface area contributed by atoms with Crippen molar-refractivity contribution in [3.05, 3.63) is 29.8 Å². The van der Waals surface area contributed by atoms with E-state index < -0.39 is 10.0 Å². The van der Waals surface area contributed by atoms with Crippen LogP contribution in [0.2, 0.25) is 0 Å². The first kappa shape index (κ1) is 13.5. The summed E-state index contributed by atoms with van der Waals surface area (Å²) in [6.45, 7) is 4.00. The molecule has 4 heteroatoms. The molecule has 1 rings (SSSR count). The molecule has 0 spiro atoms. The summed E-state index contributed by atoms with van der Waals surface area (Å²) in [7, 11) is -3.20. The molecule has 0 heterocycles. The Kier molecular flexibility index (Phi) is 5.50. The Balaban J connectivity index is 0.000000921. The van der Waals surface area contributed by atoms with Gasteiger partial charge < -0.3 is 0 Å². The van der Waals surface area contributed by atoms with E-state index in [1.165, 1.54) is 0 Å². The van der Waals surface area contributed by atoms with Crippen molar-refractivity contribution in [2.45, 2.75) is 13.8 Å². The number of benzene rings is 1. The number of anilines is 1. The van der Waals surface area contributed by atoms with Crippen molar-refractivity contribution in [3.8, 4) is 12.3 Å². The lowest BCUT2D eigenvalue weighted by molar-refractivity contribution is 0.607. The van der Waals surface area contributed by atoms with Crippen molar-refractivity contribution in [3.63, 3.8) is 0 Å². The average Bonchev–Trinajstić information content (AvgIpc) is 2.20. The topological polar surface area (TPSA) is 46.2 Å². The number of rotatable bonds is 2. The van der Waals surface area contributed by atoms with Crippen molar-refractivity contribution in [1.82, 2.24) is 0 Å². The predicted octanol–water partition coefficient (Wildman–Crippen LogP) is 2.07. The summed E-state index contributed by atoms with van der Waals surface area (Å²) in [5.41, 5.74) is 1.24. The summed E-state index contributed by atoms with van der Waals surface area (Å²) >= 11 is 0. The predicted molar refractivity (Wildman–Crippen MR) is 64.2 cm³/mol. The van der Waals surface area contributed by atoms with Crippen LogP contribution in [0, 0.1) is 12.3 Å². The van der Waals surface area contributed by atoms with E-state index in [1.54, 1.807) is 24.3 Å². The molecule has 0 aliphatic rings. The van der Waals surface area contributed by atoms with Gasteiger partial charge in [-0.05, 0) is 24.3 Å². The van der Waals surface area contributed by atoms with Crippen LogP contribution in [0.15, 0.2) is 24.3 Å². The van der Waals surface area contributed by atoms with Gasteiger partial charge in [0.25, 0.3) is 0 Å². The van der Waals surface area contributed by atoms with E-state index in [0.29, 0.717) is 5.69 Å². The van der Waals surface area contributed by atoms with Crippen LogP contribution in [0.3, 0.4) is 0 Å². The minimum Gasteiger partial charge on any atom is -0.284 e. The van der Waals surface area contributed by atoms with Crippen molar-refractivity contribution in [2.75, 3.05) is 11.0 Å². The highest BCUT2D eigenvalue weighted by molar-refractivity contribution is 7.92. The molecular weight excluding hydrogens is 210 g/mol. The lowest BCUT2D eigenvalue weighted by Crippen LogP contribution is -2.09. The van der Waals surface area contributed by atoms with Gasteiger partial charge in [0.05, 0.1) is 6.26 Å². The molecule has 0 aliphatic heterocycles. The molecule has 15 heavy (non-hydrogen) atoms. The highest BCUT2D eigenvalue weighted by atomic mass is 32.2. The highest BCUT2D eigenvalue weighted by Gasteiger charge is 1.99. The Morgan fingerprint density at radius 2 is 1.67 bits per heavy atom. The van der Waals surface area contributed by atoms with Crippen LogP contribution < -0.4 is 4.72 Å². The van der Waals surface area contributed by atoms with Crippen molar-refractivity contribution >= 4 is 15.7 Å². The molecule has 1 aromatic rings. The van der Waals surface area contributed by atoms with Crippen LogP contribution in [0.1, 0.15) is 19.4 Å². The van der Waals surface area contributed by atoms with Crippen LogP contribution in [-0.2, 0) is 10.0 Å². The Morgan fingerprint density at radius 1 is 1.20 bits per heavy atom. The van der Waals surface area contributed by atoms with Gasteiger partial charge in [-0.25, -0.2) is 8.42 Å². The van der Waals surface area contributed by atoms with Crippen LogP contribution in [0.5, 0.6) is 0 Å². The summed E-state index contributed by atoms with van der Waals surface area (Å²) in [5.74, 6) is 2.44. The van der Waals surface area contributed by atoms with Crippen molar-refractivity contribution < 1.29 is 8.42 Å². The molecular formula is C11H15NO2S. The first-order valence-corrected chi connectivity index (χ1v) is 6.45. The zero-order chi connectivity index (χ0) is 11.9. The van der Waals surface area contributed by atoms with E-state index >= 15 is 0 Å². The van der Waals surface area contributed by atoms with E-state index in [4.69, 9.17) is 6.42 Å². The van der Waals surface area contributed by atoms with E-state index in [9.17, 15) is 8.42 Å². The number of sulfonamides is 1. The van der Waals surface area contributed by atoms with Crippen LogP contribution in [0.25, 0.3) is 0 Å². The summed E-state index contributed by atoms with van der Waals surface area (Å²) in [6.07, 6.45) is 6.24. The van der Waals surface area contributed by atoms with Gasteiger partial charge in [0, 0.05) is 11.3 Å². The SMILES string of the molecule is C#Cc1ccc(NS(C)(=O)=O)cc1.CC. The lowest BCUT2D eigenvalue weighted by atomic mass is 10.2. The maximum Gasteiger partial charge on any atom is 0.229 e. The van der Waals surface area contributed by atoms with E-state index in [-0.39, 0.29) is 0 Å². The van der Waals surface area contributed by atoms with Gasteiger partial charge in [0.1, 0.15) is 0 Å². The molecule has 0 aliphatic carbocycles. The molecule has 0 unspecified atom stereocenters. The second-order valence-corrected chi connectivity index (χ2v) is 4.34. The second kappa shape index (κ2) is 6.10. The average molecular weight is 225 g/mol. The molecule has 0 fully saturated rings. The van der Waals surface area contributed by atoms with Gasteiger partial charge in [-0.1, -0.05) is 19.8 Å². The molecule has 0 radical (unpaired) electrons. The van der Waals surface area contributed by atoms with E-state index in [1.807, 2.05) is 13.8 Å². The standard InChI is InChI=1S/C9H9NO2S.C2H6/c1-3-8-4-6-9(7-5-8)10-13(2,11)12;1-2/h1,4-7,10H,2H3;1-2H3. The van der Waals surface area contributed by atoms with E-state index in [2.05, 4.69) is 10.6 Å². The summed E-state index contributed by atoms with van der Waals surface area (Å²) in [5, 5.41) is 0. The Hall–Kier alpha value is -1.47. The van der Waals surface area contributed by atoms with Gasteiger partial charge in [-0.2, -0.15) is 0 Å². The third-order valence-corrected chi connectivity index (χ3v) is 1.96. The number of hydrogen-bond acceptors (Lipinski definition) is 2. The molecule has 1 N–H and O–H groups in total. The normalized spacial score (nSPS) is 9.47. The van der Waals surface area contributed by atoms with Gasteiger partial charge in [-0.15, -0.1) is 6.42 Å². The molecule has 0 aromatic heterocycles. The monoisotopic (exact) mass is 225 g/mol. The molecule has 0 saturated heterocycles. The fourth-order valence-electron chi connectivity index (χ4n) is 0.849. The Labute approximate surface area is 91.6 Å². The van der Waals surface area contributed by atoms with Gasteiger partial charge in [0.2, 0.25) is 10.0 Å². The highest BCUT2D eigenvalue weighted by Crippen LogP contribution is 2.09. The molecule has 0 saturated carbocycles. The van der Waals surface area contributed by atoms with Gasteiger partial charge in [0.15, 0.2) is 0 Å². The number of nitrogens with one attached hydrogen (secondary N) is 1. The maximum atomic E-state index is 10.8. The zero-order valence-electron chi connectivity index (χ0n) is 9.11. The minimum atomic E-state index is -3.20. The zero-order valence-corrected chi connectivity index (χ0v) is 9.93. The molecule has 3 nitrogen and oxygen atoms in total. The van der Waals surface area contributed by atoms with Crippen LogP contribution in [0.4, 0.5) is 5.69 Å². The molecule has 1 aromatic carbocycles. The van der Waals surface area contributed by atoms with Crippen LogP contribution >= 0.6 is 0 Å². The lowest BCUT2D eigenvalue weighted by Gasteiger charge is -2.02. The minimum absolute atomic E-state index is 0.515. The molecule has 0 bridgehead atoms. The third-order valence-electron chi connectivity index (χ3n) is 1.35. The van der Waals surface area contributed by atoms with Crippen molar-refractivity contribution in [2.24, 2.45) is 0 Å². The number of hydrogen-bond donors (Lipinski definition) is 1. The Morgan fingerprint density at radius 3 is 2.00 bits per heavy atom. The summed E-state index contributed by atoms with van der Waals surface area (Å²) in [4.78, 5) is 0. The van der Waals surface area contributed by atoms with Gasteiger partial charge in [-0.3, -0.25) is 4.72 Å². The Bertz CT molecular complexity index is 427. The van der Waals surface area contributed by atoms with Crippen molar-refractivity contribution in [1.29, 1.82) is 0 Å². The molecule has 0 amide bonds. The van der Waals surface area contributed by atoms with Gasteiger partial charge >= 0.3 is 0 Å². The fourth-order valence-corrected chi connectivity index (χ4v) is 1.41. The third kappa shape index (κ3) is 5.76. The maximum absolute atomic E-state index is 10.8. The number of terminal acetylenes is 1. The quantitative estimate of drug-likeness (QED) is 0.783. The smallest absolute Gasteiger partial charge is 0.229 e.